The molecule has 0 fully saturated rings. The summed E-state index contributed by atoms with van der Waals surface area (Å²) in [6.07, 6.45) is 0. The highest BCUT2D eigenvalue weighted by Gasteiger charge is 2.25. The number of hydrogen-bond acceptors (Lipinski definition) is 3. The lowest BCUT2D eigenvalue weighted by atomic mass is 10.2. The zero-order valence-corrected chi connectivity index (χ0v) is 12.7. The highest BCUT2D eigenvalue weighted by atomic mass is 32.2. The van der Waals surface area contributed by atoms with E-state index in [1.165, 1.54) is 34.6 Å². The number of nitrogens with two attached hydrogens (primary N) is 1. The fourth-order valence-corrected chi connectivity index (χ4v) is 3.86. The van der Waals surface area contributed by atoms with E-state index in [9.17, 15) is 12.8 Å². The summed E-state index contributed by atoms with van der Waals surface area (Å²) in [6.45, 7) is 3.63. The minimum atomic E-state index is -3.74. The topological polar surface area (TPSA) is 63.4 Å². The number of anilines is 2. The Morgan fingerprint density at radius 1 is 1.14 bits per heavy atom. The predicted molar refractivity (Wildman–Crippen MR) is 82.2 cm³/mol. The van der Waals surface area contributed by atoms with Gasteiger partial charge in [0.05, 0.1) is 10.6 Å². The lowest BCUT2D eigenvalue weighted by Gasteiger charge is -2.24. The number of nitrogen functional groups attached to an aromatic ring is 1. The molecule has 21 heavy (non-hydrogen) atoms. The summed E-state index contributed by atoms with van der Waals surface area (Å²) in [4.78, 5) is 0.161. The molecule has 6 heteroatoms. The molecular weight excluding hydrogens is 291 g/mol. The number of benzene rings is 2. The van der Waals surface area contributed by atoms with Gasteiger partial charge >= 0.3 is 0 Å². The molecule has 2 N–H and O–H groups in total. The van der Waals surface area contributed by atoms with Gasteiger partial charge in [-0.05, 0) is 55.8 Å². The highest BCUT2D eigenvalue weighted by Crippen LogP contribution is 2.27. The molecule has 0 amide bonds. The Morgan fingerprint density at radius 2 is 1.76 bits per heavy atom. The summed E-state index contributed by atoms with van der Waals surface area (Å²) in [5, 5.41) is 0. The monoisotopic (exact) mass is 308 g/mol. The minimum absolute atomic E-state index is 0.161. The maximum atomic E-state index is 13.0. The van der Waals surface area contributed by atoms with Crippen molar-refractivity contribution in [3.05, 3.63) is 53.8 Å². The van der Waals surface area contributed by atoms with Crippen LogP contribution in [0.3, 0.4) is 0 Å². The molecule has 2 rings (SSSR count). The van der Waals surface area contributed by atoms with Crippen molar-refractivity contribution in [1.29, 1.82) is 0 Å². The van der Waals surface area contributed by atoms with Crippen LogP contribution in [0.4, 0.5) is 15.8 Å². The van der Waals surface area contributed by atoms with Gasteiger partial charge in [-0.1, -0.05) is 6.07 Å². The molecule has 0 aliphatic carbocycles. The second kappa shape index (κ2) is 5.73. The number of nitrogens with zero attached hydrogens (tertiary/aromatic N) is 1. The van der Waals surface area contributed by atoms with Gasteiger partial charge in [-0.3, -0.25) is 4.31 Å². The molecule has 0 unspecified atom stereocenters. The van der Waals surface area contributed by atoms with Gasteiger partial charge < -0.3 is 5.73 Å². The van der Waals surface area contributed by atoms with Crippen LogP contribution in [0.5, 0.6) is 0 Å². The van der Waals surface area contributed by atoms with E-state index in [-0.39, 0.29) is 11.4 Å². The first-order valence-corrected chi connectivity index (χ1v) is 7.95. The van der Waals surface area contributed by atoms with E-state index in [1.807, 2.05) is 0 Å². The molecule has 2 aromatic rings. The normalized spacial score (nSPS) is 11.4. The Morgan fingerprint density at radius 3 is 2.33 bits per heavy atom. The number of sulfonamides is 1. The first-order chi connectivity index (χ1) is 9.87. The minimum Gasteiger partial charge on any atom is -0.398 e. The molecule has 0 saturated carbocycles. The Balaban J connectivity index is 2.55. The molecule has 0 bridgehead atoms. The number of hydrogen-bond donors (Lipinski definition) is 1. The van der Waals surface area contributed by atoms with Gasteiger partial charge in [0.2, 0.25) is 0 Å². The third-order valence-corrected chi connectivity index (χ3v) is 5.34. The average molecular weight is 308 g/mol. The molecule has 0 heterocycles. The summed E-state index contributed by atoms with van der Waals surface area (Å²) in [6, 6.07) is 10.1. The SMILES string of the molecule is CCN(c1ccc(F)cc1)S(=O)(=O)c1cccc(N)c1C. The Labute approximate surface area is 124 Å². The van der Waals surface area contributed by atoms with Crippen molar-refractivity contribution < 1.29 is 12.8 Å². The van der Waals surface area contributed by atoms with Crippen molar-refractivity contribution in [3.8, 4) is 0 Å². The van der Waals surface area contributed by atoms with E-state index in [4.69, 9.17) is 5.73 Å². The van der Waals surface area contributed by atoms with E-state index in [1.54, 1.807) is 26.0 Å². The van der Waals surface area contributed by atoms with Gasteiger partial charge in [0.1, 0.15) is 5.82 Å². The molecule has 0 radical (unpaired) electrons. The van der Waals surface area contributed by atoms with Gasteiger partial charge in [0.15, 0.2) is 0 Å². The van der Waals surface area contributed by atoms with Crippen LogP contribution in [-0.4, -0.2) is 15.0 Å². The van der Waals surface area contributed by atoms with Crippen molar-refractivity contribution in [2.24, 2.45) is 0 Å². The summed E-state index contributed by atoms with van der Waals surface area (Å²) in [5.74, 6) is -0.410. The van der Waals surface area contributed by atoms with Crippen molar-refractivity contribution >= 4 is 21.4 Å². The zero-order valence-electron chi connectivity index (χ0n) is 11.9. The quantitative estimate of drug-likeness (QED) is 0.883. The number of rotatable bonds is 4. The first kappa shape index (κ1) is 15.3. The molecule has 2 aromatic carbocycles. The Hall–Kier alpha value is -2.08. The summed E-state index contributed by atoms with van der Waals surface area (Å²) in [7, 11) is -3.74. The summed E-state index contributed by atoms with van der Waals surface area (Å²) >= 11 is 0. The van der Waals surface area contributed by atoms with Crippen LogP contribution in [0.25, 0.3) is 0 Å². The largest absolute Gasteiger partial charge is 0.398 e. The lowest BCUT2D eigenvalue weighted by Crippen LogP contribution is -2.31. The number of halogens is 1. The maximum absolute atomic E-state index is 13.0. The average Bonchev–Trinajstić information content (AvgIpc) is 2.44. The van der Waals surface area contributed by atoms with Crippen LogP contribution in [0, 0.1) is 12.7 Å². The Bertz CT molecular complexity index is 743. The van der Waals surface area contributed by atoms with Crippen molar-refractivity contribution in [3.63, 3.8) is 0 Å². The van der Waals surface area contributed by atoms with Crippen molar-refractivity contribution in [1.82, 2.24) is 0 Å². The standard InChI is InChI=1S/C15H17FN2O2S/c1-3-18(13-9-7-12(16)8-10-13)21(19,20)15-6-4-5-14(17)11(15)2/h4-10H,3,17H2,1-2H3. The van der Waals surface area contributed by atoms with Crippen LogP contribution < -0.4 is 10.0 Å². The van der Waals surface area contributed by atoms with E-state index in [2.05, 4.69) is 0 Å². The fraction of sp³-hybridized carbons (Fsp3) is 0.200. The molecule has 0 aliphatic rings. The zero-order chi connectivity index (χ0) is 15.6. The third-order valence-electron chi connectivity index (χ3n) is 3.30. The molecule has 0 saturated heterocycles. The second-order valence-electron chi connectivity index (χ2n) is 4.62. The van der Waals surface area contributed by atoms with Crippen LogP contribution in [0.1, 0.15) is 12.5 Å². The second-order valence-corrected chi connectivity index (χ2v) is 6.45. The predicted octanol–water partition coefficient (Wildman–Crippen LogP) is 2.93. The van der Waals surface area contributed by atoms with E-state index < -0.39 is 15.8 Å². The molecule has 0 atom stereocenters. The highest BCUT2D eigenvalue weighted by molar-refractivity contribution is 7.92. The molecular formula is C15H17FN2O2S. The molecule has 0 aromatic heterocycles. The van der Waals surface area contributed by atoms with Crippen LogP contribution >= 0.6 is 0 Å². The lowest BCUT2D eigenvalue weighted by molar-refractivity contribution is 0.591. The van der Waals surface area contributed by atoms with Crippen LogP contribution in [0.2, 0.25) is 0 Å². The van der Waals surface area contributed by atoms with E-state index in [0.717, 1.165) is 0 Å². The van der Waals surface area contributed by atoms with Crippen LogP contribution in [-0.2, 0) is 10.0 Å². The van der Waals surface area contributed by atoms with E-state index >= 15 is 0 Å². The summed E-state index contributed by atoms with van der Waals surface area (Å²) in [5.41, 5.74) is 7.14. The van der Waals surface area contributed by atoms with E-state index in [0.29, 0.717) is 16.9 Å². The van der Waals surface area contributed by atoms with Crippen molar-refractivity contribution in [2.75, 3.05) is 16.6 Å². The first-order valence-electron chi connectivity index (χ1n) is 6.51. The smallest absolute Gasteiger partial charge is 0.264 e. The molecule has 112 valence electrons. The fourth-order valence-electron chi connectivity index (χ4n) is 2.13. The van der Waals surface area contributed by atoms with Gasteiger partial charge in [0, 0.05) is 12.2 Å². The molecule has 4 nitrogen and oxygen atoms in total. The Kier molecular flexibility index (Phi) is 4.18. The molecule has 0 aliphatic heterocycles. The summed E-state index contributed by atoms with van der Waals surface area (Å²) < 4.78 is 39.8. The van der Waals surface area contributed by atoms with Gasteiger partial charge in [-0.15, -0.1) is 0 Å². The van der Waals surface area contributed by atoms with Gasteiger partial charge in [0.25, 0.3) is 10.0 Å². The van der Waals surface area contributed by atoms with Gasteiger partial charge in [-0.25, -0.2) is 12.8 Å². The van der Waals surface area contributed by atoms with Gasteiger partial charge in [-0.2, -0.15) is 0 Å². The van der Waals surface area contributed by atoms with Crippen LogP contribution in [0.15, 0.2) is 47.4 Å². The molecule has 0 spiro atoms. The maximum Gasteiger partial charge on any atom is 0.264 e. The van der Waals surface area contributed by atoms with Crippen molar-refractivity contribution in [2.45, 2.75) is 18.7 Å². The third kappa shape index (κ3) is 2.85.